The van der Waals surface area contributed by atoms with E-state index in [2.05, 4.69) is 37.5 Å². The van der Waals surface area contributed by atoms with Gasteiger partial charge < -0.3 is 14.7 Å². The van der Waals surface area contributed by atoms with Crippen molar-refractivity contribution in [1.29, 1.82) is 0 Å². The Balaban J connectivity index is 1.36. The topological polar surface area (TPSA) is 82.1 Å². The van der Waals surface area contributed by atoms with E-state index in [1.54, 1.807) is 24.3 Å². The van der Waals surface area contributed by atoms with Crippen LogP contribution in [0.25, 0.3) is 0 Å². The normalized spacial score (nSPS) is 14.7. The minimum Gasteiger partial charge on any atom is -0.508 e. The van der Waals surface area contributed by atoms with Crippen LogP contribution in [0.5, 0.6) is 5.75 Å². The van der Waals surface area contributed by atoms with Crippen molar-refractivity contribution in [3.8, 4) is 5.75 Å². The van der Waals surface area contributed by atoms with E-state index in [1.807, 2.05) is 36.4 Å². The van der Waals surface area contributed by atoms with Gasteiger partial charge in [-0.15, -0.1) is 0 Å². The quantitative estimate of drug-likeness (QED) is 0.540. The third-order valence-electron chi connectivity index (χ3n) is 4.49. The van der Waals surface area contributed by atoms with Crippen LogP contribution in [0.4, 0.5) is 28.4 Å². The molecule has 4 rings (SSSR count). The molecule has 3 aromatic carbocycles. The summed E-state index contributed by atoms with van der Waals surface area (Å²) in [6, 6.07) is 22.0. The van der Waals surface area contributed by atoms with Gasteiger partial charge in [0.1, 0.15) is 5.75 Å². The lowest BCUT2D eigenvalue weighted by Gasteiger charge is -2.28. The maximum Gasteiger partial charge on any atom is 0.115 e. The highest BCUT2D eigenvalue weighted by Gasteiger charge is 2.10. The van der Waals surface area contributed by atoms with Crippen LogP contribution in [-0.2, 0) is 4.74 Å². The van der Waals surface area contributed by atoms with E-state index in [0.717, 1.165) is 37.7 Å². The predicted molar refractivity (Wildman–Crippen MR) is 112 cm³/mol. The molecule has 0 saturated carbocycles. The minimum absolute atomic E-state index is 0.203. The summed E-state index contributed by atoms with van der Waals surface area (Å²) < 4.78 is 5.39. The zero-order valence-electron chi connectivity index (χ0n) is 15.8. The van der Waals surface area contributed by atoms with Crippen molar-refractivity contribution in [3.05, 3.63) is 72.8 Å². The maximum atomic E-state index is 9.28. The lowest BCUT2D eigenvalue weighted by Crippen LogP contribution is -2.36. The summed E-state index contributed by atoms with van der Waals surface area (Å²) in [6.45, 7) is 3.37. The van der Waals surface area contributed by atoms with Gasteiger partial charge in [0, 0.05) is 18.8 Å². The highest BCUT2D eigenvalue weighted by atomic mass is 16.5. The third kappa shape index (κ3) is 5.24. The highest BCUT2D eigenvalue weighted by molar-refractivity contribution is 5.53. The molecule has 0 unspecified atom stereocenters. The van der Waals surface area contributed by atoms with Crippen LogP contribution in [0.2, 0.25) is 0 Å². The van der Waals surface area contributed by atoms with Crippen LogP contribution in [0, 0.1) is 0 Å². The number of rotatable bonds is 5. The number of phenols is 1. The molecule has 0 atom stereocenters. The Labute approximate surface area is 169 Å². The average molecular weight is 387 g/mol. The van der Waals surface area contributed by atoms with Crippen LogP contribution >= 0.6 is 0 Å². The number of ether oxygens (including phenoxy) is 1. The number of hydrogen-bond acceptors (Lipinski definition) is 7. The monoisotopic (exact) mass is 387 g/mol. The molecule has 0 bridgehead atoms. The Morgan fingerprint density at radius 2 is 0.966 bits per heavy atom. The van der Waals surface area contributed by atoms with E-state index in [-0.39, 0.29) is 5.75 Å². The molecule has 1 N–H and O–H groups in total. The van der Waals surface area contributed by atoms with Crippen molar-refractivity contribution >= 4 is 28.4 Å². The fourth-order valence-electron chi connectivity index (χ4n) is 2.89. The van der Waals surface area contributed by atoms with Crippen molar-refractivity contribution in [2.45, 2.75) is 0 Å². The zero-order valence-corrected chi connectivity index (χ0v) is 15.8. The summed E-state index contributed by atoms with van der Waals surface area (Å²) >= 11 is 0. The molecule has 0 aliphatic carbocycles. The Morgan fingerprint density at radius 1 is 0.586 bits per heavy atom. The van der Waals surface area contributed by atoms with Gasteiger partial charge in [-0.25, -0.2) is 0 Å². The lowest BCUT2D eigenvalue weighted by molar-refractivity contribution is 0.122. The Bertz CT molecular complexity index is 977. The smallest absolute Gasteiger partial charge is 0.115 e. The minimum atomic E-state index is 0.203. The molecule has 0 radical (unpaired) electrons. The van der Waals surface area contributed by atoms with Crippen molar-refractivity contribution in [2.75, 3.05) is 31.2 Å². The second-order valence-electron chi connectivity index (χ2n) is 6.55. The first-order valence-corrected chi connectivity index (χ1v) is 9.42. The number of azo groups is 2. The summed E-state index contributed by atoms with van der Waals surface area (Å²) in [5.41, 5.74) is 4.11. The molecule has 1 saturated heterocycles. The van der Waals surface area contributed by atoms with Crippen molar-refractivity contribution < 1.29 is 9.84 Å². The number of aromatic hydroxyl groups is 1. The van der Waals surface area contributed by atoms with Gasteiger partial charge in [-0.3, -0.25) is 0 Å². The molecular formula is C22H21N5O2. The molecule has 1 aliphatic heterocycles. The fraction of sp³-hybridized carbons (Fsp3) is 0.182. The third-order valence-corrected chi connectivity index (χ3v) is 4.49. The first kappa shape index (κ1) is 18.8. The molecule has 3 aromatic rings. The maximum absolute atomic E-state index is 9.28. The van der Waals surface area contributed by atoms with Crippen molar-refractivity contribution in [2.24, 2.45) is 20.5 Å². The van der Waals surface area contributed by atoms with E-state index in [0.29, 0.717) is 11.4 Å². The summed E-state index contributed by atoms with van der Waals surface area (Å²) in [7, 11) is 0. The standard InChI is InChI=1S/C22H21N5O2/c28-22-11-7-20(8-12-22)26-24-18-3-1-17(2-4-18)23-25-19-5-9-21(10-6-19)27-13-15-29-16-14-27/h1-12,28H,13-16H2. The second kappa shape index (κ2) is 9.07. The van der Waals surface area contributed by atoms with E-state index in [1.165, 1.54) is 5.69 Å². The number of nitrogens with zero attached hydrogens (tertiary/aromatic N) is 5. The van der Waals surface area contributed by atoms with Crippen LogP contribution in [0.15, 0.2) is 93.3 Å². The van der Waals surface area contributed by atoms with Gasteiger partial charge in [0.15, 0.2) is 0 Å². The van der Waals surface area contributed by atoms with Crippen molar-refractivity contribution in [1.82, 2.24) is 0 Å². The van der Waals surface area contributed by atoms with Gasteiger partial charge in [0.2, 0.25) is 0 Å². The molecular weight excluding hydrogens is 366 g/mol. The van der Waals surface area contributed by atoms with Gasteiger partial charge >= 0.3 is 0 Å². The summed E-state index contributed by atoms with van der Waals surface area (Å²) in [5, 5.41) is 26.2. The lowest BCUT2D eigenvalue weighted by atomic mass is 10.2. The van der Waals surface area contributed by atoms with Crippen LogP contribution in [0.1, 0.15) is 0 Å². The van der Waals surface area contributed by atoms with Gasteiger partial charge in [-0.05, 0) is 72.8 Å². The number of hydrogen-bond donors (Lipinski definition) is 1. The molecule has 7 nitrogen and oxygen atoms in total. The first-order chi connectivity index (χ1) is 14.3. The van der Waals surface area contributed by atoms with Gasteiger partial charge in [-0.1, -0.05) is 0 Å². The van der Waals surface area contributed by atoms with Crippen molar-refractivity contribution in [3.63, 3.8) is 0 Å². The molecule has 0 amide bonds. The van der Waals surface area contributed by atoms with Crippen LogP contribution < -0.4 is 4.90 Å². The largest absolute Gasteiger partial charge is 0.508 e. The highest BCUT2D eigenvalue weighted by Crippen LogP contribution is 2.25. The summed E-state index contributed by atoms with van der Waals surface area (Å²) in [4.78, 5) is 2.30. The zero-order chi connectivity index (χ0) is 19.9. The van der Waals surface area contributed by atoms with E-state index in [9.17, 15) is 5.11 Å². The molecule has 0 spiro atoms. The Hall–Kier alpha value is -3.58. The summed E-state index contributed by atoms with van der Waals surface area (Å²) in [5.74, 6) is 0.203. The molecule has 1 fully saturated rings. The first-order valence-electron chi connectivity index (χ1n) is 9.42. The fourth-order valence-corrected chi connectivity index (χ4v) is 2.89. The molecule has 1 aliphatic rings. The SMILES string of the molecule is Oc1ccc(N=Nc2ccc(N=Nc3ccc(N4CCOCC4)cc3)cc2)cc1. The molecule has 7 heteroatoms. The van der Waals surface area contributed by atoms with E-state index >= 15 is 0 Å². The number of benzene rings is 3. The van der Waals surface area contributed by atoms with Gasteiger partial charge in [0.05, 0.1) is 36.0 Å². The predicted octanol–water partition coefficient (Wildman–Crippen LogP) is 6.06. The molecule has 29 heavy (non-hydrogen) atoms. The van der Waals surface area contributed by atoms with E-state index < -0.39 is 0 Å². The Morgan fingerprint density at radius 3 is 1.41 bits per heavy atom. The van der Waals surface area contributed by atoms with Crippen LogP contribution in [0.3, 0.4) is 0 Å². The number of morpholine rings is 1. The van der Waals surface area contributed by atoms with Gasteiger partial charge in [-0.2, -0.15) is 20.5 Å². The molecule has 1 heterocycles. The summed E-state index contributed by atoms with van der Waals surface area (Å²) in [6.07, 6.45) is 0. The molecule has 0 aromatic heterocycles. The second-order valence-corrected chi connectivity index (χ2v) is 6.55. The molecule has 146 valence electrons. The number of phenolic OH excluding ortho intramolecular Hbond substituents is 1. The van der Waals surface area contributed by atoms with Crippen LogP contribution in [-0.4, -0.2) is 31.4 Å². The average Bonchev–Trinajstić information content (AvgIpc) is 2.79. The number of anilines is 1. The van der Waals surface area contributed by atoms with Gasteiger partial charge in [0.25, 0.3) is 0 Å². The Kier molecular flexibility index (Phi) is 5.87. The van der Waals surface area contributed by atoms with E-state index in [4.69, 9.17) is 4.74 Å².